The normalized spacial score (nSPS) is 34.2. The van der Waals surface area contributed by atoms with Gasteiger partial charge >= 0.3 is 0 Å². The third kappa shape index (κ3) is 3.69. The van der Waals surface area contributed by atoms with Gasteiger partial charge in [-0.25, -0.2) is 0 Å². The highest BCUT2D eigenvalue weighted by atomic mass is 16.5. The molecule has 2 aliphatic rings. The van der Waals surface area contributed by atoms with Crippen molar-refractivity contribution >= 4 is 0 Å². The summed E-state index contributed by atoms with van der Waals surface area (Å²) in [7, 11) is 0. The second-order valence-electron chi connectivity index (χ2n) is 6.27. The summed E-state index contributed by atoms with van der Waals surface area (Å²) >= 11 is 0. The van der Waals surface area contributed by atoms with Crippen LogP contribution in [0.5, 0.6) is 0 Å². The van der Waals surface area contributed by atoms with Crippen molar-refractivity contribution in [1.82, 2.24) is 4.90 Å². The van der Waals surface area contributed by atoms with E-state index in [2.05, 4.69) is 18.7 Å². The largest absolute Gasteiger partial charge is 0.373 e. The molecule has 2 N–H and O–H groups in total. The fourth-order valence-electron chi connectivity index (χ4n) is 3.82. The van der Waals surface area contributed by atoms with E-state index in [0.29, 0.717) is 18.2 Å². The Kier molecular flexibility index (Phi) is 5.46. The molecule has 0 aromatic carbocycles. The summed E-state index contributed by atoms with van der Waals surface area (Å²) in [5, 5.41) is 0. The molecule has 0 aromatic heterocycles. The van der Waals surface area contributed by atoms with Crippen LogP contribution in [0.1, 0.15) is 52.4 Å². The van der Waals surface area contributed by atoms with Crippen LogP contribution in [0.2, 0.25) is 0 Å². The number of nitrogens with two attached hydrogens (primary N) is 1. The van der Waals surface area contributed by atoms with Crippen LogP contribution in [-0.4, -0.2) is 42.8 Å². The van der Waals surface area contributed by atoms with Gasteiger partial charge in [0, 0.05) is 25.7 Å². The number of morpholine rings is 1. The predicted molar refractivity (Wildman–Crippen MR) is 75.6 cm³/mol. The van der Waals surface area contributed by atoms with Gasteiger partial charge in [0.05, 0.1) is 12.2 Å². The van der Waals surface area contributed by atoms with Crippen LogP contribution in [0.25, 0.3) is 0 Å². The van der Waals surface area contributed by atoms with E-state index in [-0.39, 0.29) is 0 Å². The third-order valence-corrected chi connectivity index (χ3v) is 4.60. The first-order chi connectivity index (χ1) is 8.70. The fourth-order valence-corrected chi connectivity index (χ4v) is 3.82. The number of nitrogens with zero attached hydrogens (tertiary/aromatic N) is 1. The molecule has 18 heavy (non-hydrogen) atoms. The molecule has 1 saturated heterocycles. The van der Waals surface area contributed by atoms with Gasteiger partial charge in [-0.1, -0.05) is 25.7 Å². The monoisotopic (exact) mass is 254 g/mol. The molecule has 3 atom stereocenters. The van der Waals surface area contributed by atoms with Crippen LogP contribution in [0.4, 0.5) is 0 Å². The third-order valence-electron chi connectivity index (χ3n) is 4.60. The van der Waals surface area contributed by atoms with Crippen molar-refractivity contribution in [3.63, 3.8) is 0 Å². The van der Waals surface area contributed by atoms with Crippen LogP contribution in [0, 0.1) is 5.92 Å². The lowest BCUT2D eigenvalue weighted by atomic mass is 9.90. The van der Waals surface area contributed by atoms with Crippen molar-refractivity contribution in [2.75, 3.05) is 19.6 Å². The number of rotatable bonds is 3. The zero-order valence-corrected chi connectivity index (χ0v) is 12.1. The summed E-state index contributed by atoms with van der Waals surface area (Å²) in [6.45, 7) is 7.29. The first-order valence-electron chi connectivity index (χ1n) is 7.80. The van der Waals surface area contributed by atoms with Gasteiger partial charge in [-0.15, -0.1) is 0 Å². The zero-order chi connectivity index (χ0) is 13.0. The van der Waals surface area contributed by atoms with Crippen molar-refractivity contribution in [1.29, 1.82) is 0 Å². The van der Waals surface area contributed by atoms with Crippen LogP contribution < -0.4 is 5.73 Å². The van der Waals surface area contributed by atoms with E-state index >= 15 is 0 Å². The van der Waals surface area contributed by atoms with E-state index in [1.54, 1.807) is 0 Å². The first kappa shape index (κ1) is 14.3. The van der Waals surface area contributed by atoms with E-state index in [9.17, 15) is 0 Å². The summed E-state index contributed by atoms with van der Waals surface area (Å²) in [5.74, 6) is 0.815. The van der Waals surface area contributed by atoms with Crippen LogP contribution in [0.15, 0.2) is 0 Å². The van der Waals surface area contributed by atoms with E-state index in [0.717, 1.165) is 25.6 Å². The van der Waals surface area contributed by atoms with Gasteiger partial charge in [0.1, 0.15) is 0 Å². The molecule has 3 nitrogen and oxygen atoms in total. The second kappa shape index (κ2) is 6.88. The van der Waals surface area contributed by atoms with Crippen LogP contribution in [-0.2, 0) is 4.74 Å². The van der Waals surface area contributed by atoms with Crippen molar-refractivity contribution in [3.8, 4) is 0 Å². The molecule has 1 aliphatic carbocycles. The molecule has 0 spiro atoms. The van der Waals surface area contributed by atoms with Gasteiger partial charge in [0.2, 0.25) is 0 Å². The SMILES string of the molecule is CC1CN(C(CN)C2CCCCCC2)CC(C)O1. The molecular formula is C15H30N2O. The van der Waals surface area contributed by atoms with Gasteiger partial charge < -0.3 is 10.5 Å². The summed E-state index contributed by atoms with van der Waals surface area (Å²) in [4.78, 5) is 2.61. The Morgan fingerprint density at radius 1 is 1.06 bits per heavy atom. The van der Waals surface area contributed by atoms with Gasteiger partial charge in [0.15, 0.2) is 0 Å². The van der Waals surface area contributed by atoms with Gasteiger partial charge in [-0.3, -0.25) is 4.90 Å². The molecule has 0 aromatic rings. The highest BCUT2D eigenvalue weighted by molar-refractivity contribution is 4.86. The predicted octanol–water partition coefficient (Wildman–Crippen LogP) is 2.39. The van der Waals surface area contributed by atoms with Gasteiger partial charge in [-0.2, -0.15) is 0 Å². The average molecular weight is 254 g/mol. The number of hydrogen-bond donors (Lipinski definition) is 1. The highest BCUT2D eigenvalue weighted by Crippen LogP contribution is 2.29. The quantitative estimate of drug-likeness (QED) is 0.786. The molecule has 2 fully saturated rings. The lowest BCUT2D eigenvalue weighted by molar-refractivity contribution is -0.0865. The maximum atomic E-state index is 6.09. The molecular weight excluding hydrogens is 224 g/mol. The molecule has 1 saturated carbocycles. The van der Waals surface area contributed by atoms with E-state index in [1.165, 1.54) is 38.5 Å². The van der Waals surface area contributed by atoms with Crippen molar-refractivity contribution in [2.24, 2.45) is 11.7 Å². The molecule has 106 valence electrons. The summed E-state index contributed by atoms with van der Waals surface area (Å²) in [6.07, 6.45) is 9.10. The fraction of sp³-hybridized carbons (Fsp3) is 1.00. The summed E-state index contributed by atoms with van der Waals surface area (Å²) in [6, 6.07) is 0.580. The minimum atomic E-state index is 0.355. The van der Waals surface area contributed by atoms with Crippen molar-refractivity contribution in [2.45, 2.75) is 70.6 Å². The smallest absolute Gasteiger partial charge is 0.0678 e. The lowest BCUT2D eigenvalue weighted by Crippen LogP contribution is -2.54. The average Bonchev–Trinajstić information content (AvgIpc) is 2.58. The molecule has 0 bridgehead atoms. The molecule has 3 heteroatoms. The number of ether oxygens (including phenoxy) is 1. The van der Waals surface area contributed by atoms with Crippen molar-refractivity contribution in [3.05, 3.63) is 0 Å². The first-order valence-corrected chi connectivity index (χ1v) is 7.80. The van der Waals surface area contributed by atoms with Crippen LogP contribution >= 0.6 is 0 Å². The number of hydrogen-bond acceptors (Lipinski definition) is 3. The Bertz CT molecular complexity index is 229. The minimum Gasteiger partial charge on any atom is -0.373 e. The summed E-state index contributed by atoms with van der Waals surface area (Å²) in [5.41, 5.74) is 6.09. The van der Waals surface area contributed by atoms with Crippen molar-refractivity contribution < 1.29 is 4.74 Å². The molecule has 1 aliphatic heterocycles. The Labute approximate surface area is 112 Å². The molecule has 2 rings (SSSR count). The van der Waals surface area contributed by atoms with Gasteiger partial charge in [-0.05, 0) is 32.6 Å². The summed E-state index contributed by atoms with van der Waals surface area (Å²) < 4.78 is 5.84. The molecule has 0 radical (unpaired) electrons. The Balaban J connectivity index is 1.97. The van der Waals surface area contributed by atoms with Crippen LogP contribution in [0.3, 0.4) is 0 Å². The Morgan fingerprint density at radius 2 is 1.61 bits per heavy atom. The van der Waals surface area contributed by atoms with E-state index < -0.39 is 0 Å². The second-order valence-corrected chi connectivity index (χ2v) is 6.27. The highest BCUT2D eigenvalue weighted by Gasteiger charge is 2.32. The Hall–Kier alpha value is -0.120. The minimum absolute atomic E-state index is 0.355. The lowest BCUT2D eigenvalue weighted by Gasteiger charge is -2.42. The maximum absolute atomic E-state index is 6.09. The zero-order valence-electron chi connectivity index (χ0n) is 12.1. The van der Waals surface area contributed by atoms with E-state index in [4.69, 9.17) is 10.5 Å². The molecule has 1 heterocycles. The van der Waals surface area contributed by atoms with Gasteiger partial charge in [0.25, 0.3) is 0 Å². The standard InChI is InChI=1S/C15H30N2O/c1-12-10-17(11-13(2)18-12)15(9-16)14-7-5-3-4-6-8-14/h12-15H,3-11,16H2,1-2H3. The topological polar surface area (TPSA) is 38.5 Å². The molecule has 3 unspecified atom stereocenters. The molecule has 0 amide bonds. The van der Waals surface area contributed by atoms with E-state index in [1.807, 2.05) is 0 Å². The Morgan fingerprint density at radius 3 is 2.11 bits per heavy atom. The maximum Gasteiger partial charge on any atom is 0.0678 e.